The number of piperidine rings is 1. The number of hydrogen-bond donors (Lipinski definition) is 0. The Morgan fingerprint density at radius 1 is 1.12 bits per heavy atom. The Hall–Kier alpha value is -2.50. The Morgan fingerprint density at radius 2 is 1.73 bits per heavy atom. The number of carbonyl (C=O) groups is 1. The van der Waals surface area contributed by atoms with E-state index in [9.17, 15) is 14.0 Å². The largest absolute Gasteiger partial charge is 0.340 e. The Labute approximate surface area is 152 Å². The van der Waals surface area contributed by atoms with E-state index in [0.717, 1.165) is 6.42 Å². The minimum atomic E-state index is -0.680. The third-order valence-corrected chi connectivity index (χ3v) is 4.87. The first kappa shape index (κ1) is 18.3. The third-order valence-electron chi connectivity index (χ3n) is 4.87. The number of rotatable bonds is 3. The van der Waals surface area contributed by atoms with Crippen LogP contribution in [0.4, 0.5) is 4.39 Å². The number of amides is 1. The summed E-state index contributed by atoms with van der Waals surface area (Å²) in [7, 11) is 0. The molecule has 0 N–H and O–H groups in total. The predicted molar refractivity (Wildman–Crippen MR) is 98.1 cm³/mol. The predicted octanol–water partition coefficient (Wildman–Crippen LogP) is 3.11. The van der Waals surface area contributed by atoms with Crippen molar-refractivity contribution in [2.45, 2.75) is 33.2 Å². The molecular formula is C20H24FN3O2. The molecule has 3 unspecified atom stereocenters. The van der Waals surface area contributed by atoms with Crippen LogP contribution < -0.4 is 5.56 Å². The molecule has 2 aromatic rings. The molecule has 2 heterocycles. The van der Waals surface area contributed by atoms with Gasteiger partial charge in [-0.3, -0.25) is 9.59 Å². The van der Waals surface area contributed by atoms with Gasteiger partial charge >= 0.3 is 0 Å². The molecule has 5 nitrogen and oxygen atoms in total. The lowest BCUT2D eigenvalue weighted by Gasteiger charge is -2.36. The standard InChI is InChI=1S/C20H24FN3O2/c1-13-10-14(2)12-23(11-13)20(26)15(3)24-19(25)9-8-18(22-24)16-4-6-17(21)7-5-16/h4-9,13-15H,10-12H2,1-3H3. The van der Waals surface area contributed by atoms with E-state index in [0.29, 0.717) is 36.2 Å². The molecule has 26 heavy (non-hydrogen) atoms. The van der Waals surface area contributed by atoms with Gasteiger partial charge in [0.25, 0.3) is 5.56 Å². The number of benzene rings is 1. The highest BCUT2D eigenvalue weighted by atomic mass is 19.1. The van der Waals surface area contributed by atoms with Crippen molar-refractivity contribution >= 4 is 5.91 Å². The molecule has 3 rings (SSSR count). The van der Waals surface area contributed by atoms with Gasteiger partial charge in [-0.15, -0.1) is 0 Å². The zero-order chi connectivity index (χ0) is 18.8. The van der Waals surface area contributed by atoms with Gasteiger partial charge in [-0.05, 0) is 55.5 Å². The first-order valence-corrected chi connectivity index (χ1v) is 8.99. The second-order valence-corrected chi connectivity index (χ2v) is 7.37. The fraction of sp³-hybridized carbons (Fsp3) is 0.450. The molecule has 0 saturated carbocycles. The van der Waals surface area contributed by atoms with E-state index < -0.39 is 6.04 Å². The van der Waals surface area contributed by atoms with Crippen LogP contribution in [0.3, 0.4) is 0 Å². The molecule has 1 amide bonds. The van der Waals surface area contributed by atoms with Crippen LogP contribution in [0.1, 0.15) is 33.2 Å². The lowest BCUT2D eigenvalue weighted by Crippen LogP contribution is -2.46. The van der Waals surface area contributed by atoms with E-state index in [1.54, 1.807) is 25.1 Å². The molecule has 1 fully saturated rings. The fourth-order valence-corrected chi connectivity index (χ4v) is 3.69. The van der Waals surface area contributed by atoms with Crippen LogP contribution in [0.15, 0.2) is 41.2 Å². The number of carbonyl (C=O) groups excluding carboxylic acids is 1. The SMILES string of the molecule is CC1CC(C)CN(C(=O)C(C)n2nc(-c3ccc(F)cc3)ccc2=O)C1. The third kappa shape index (κ3) is 3.84. The maximum absolute atomic E-state index is 13.1. The topological polar surface area (TPSA) is 55.2 Å². The van der Waals surface area contributed by atoms with Crippen molar-refractivity contribution in [3.05, 3.63) is 52.6 Å². The summed E-state index contributed by atoms with van der Waals surface area (Å²) in [6.07, 6.45) is 1.11. The first-order valence-electron chi connectivity index (χ1n) is 8.99. The molecular weight excluding hydrogens is 333 g/mol. The minimum Gasteiger partial charge on any atom is -0.340 e. The quantitative estimate of drug-likeness (QED) is 0.848. The van der Waals surface area contributed by atoms with Crippen LogP contribution >= 0.6 is 0 Å². The van der Waals surface area contributed by atoms with Gasteiger partial charge in [-0.1, -0.05) is 13.8 Å². The van der Waals surface area contributed by atoms with Crippen molar-refractivity contribution in [2.24, 2.45) is 11.8 Å². The molecule has 0 aliphatic carbocycles. The van der Waals surface area contributed by atoms with E-state index in [1.807, 2.05) is 4.90 Å². The second kappa shape index (κ2) is 7.40. The number of halogens is 1. The molecule has 0 bridgehead atoms. The summed E-state index contributed by atoms with van der Waals surface area (Å²) in [5, 5.41) is 4.36. The molecule has 3 atom stereocenters. The summed E-state index contributed by atoms with van der Waals surface area (Å²) in [5.41, 5.74) is 0.902. The van der Waals surface area contributed by atoms with Crippen molar-refractivity contribution in [1.29, 1.82) is 0 Å². The molecule has 0 spiro atoms. The van der Waals surface area contributed by atoms with Gasteiger partial charge in [0.15, 0.2) is 0 Å². The van der Waals surface area contributed by atoms with Crippen LogP contribution in [-0.2, 0) is 4.79 Å². The highest BCUT2D eigenvalue weighted by molar-refractivity contribution is 5.80. The Kier molecular flexibility index (Phi) is 5.20. The lowest BCUT2D eigenvalue weighted by molar-refractivity contribution is -0.137. The summed E-state index contributed by atoms with van der Waals surface area (Å²) in [6, 6.07) is 8.21. The number of nitrogens with zero attached hydrogens (tertiary/aromatic N) is 3. The Bertz CT molecular complexity index is 837. The maximum Gasteiger partial charge on any atom is 0.267 e. The van der Waals surface area contributed by atoms with E-state index in [1.165, 1.54) is 22.9 Å². The summed E-state index contributed by atoms with van der Waals surface area (Å²) >= 11 is 0. The molecule has 138 valence electrons. The Morgan fingerprint density at radius 3 is 2.35 bits per heavy atom. The normalized spacial score (nSPS) is 21.5. The fourth-order valence-electron chi connectivity index (χ4n) is 3.69. The van der Waals surface area contributed by atoms with Crippen molar-refractivity contribution in [1.82, 2.24) is 14.7 Å². The van der Waals surface area contributed by atoms with Crippen molar-refractivity contribution in [3.8, 4) is 11.3 Å². The molecule has 1 aliphatic rings. The van der Waals surface area contributed by atoms with E-state index in [4.69, 9.17) is 0 Å². The van der Waals surface area contributed by atoms with Crippen molar-refractivity contribution < 1.29 is 9.18 Å². The van der Waals surface area contributed by atoms with Gasteiger partial charge in [-0.25, -0.2) is 9.07 Å². The van der Waals surface area contributed by atoms with Crippen LogP contribution in [0.5, 0.6) is 0 Å². The molecule has 1 saturated heterocycles. The van der Waals surface area contributed by atoms with Gasteiger partial charge in [0.05, 0.1) is 5.69 Å². The van der Waals surface area contributed by atoms with E-state index in [-0.39, 0.29) is 17.3 Å². The van der Waals surface area contributed by atoms with Crippen LogP contribution in [0.25, 0.3) is 11.3 Å². The van der Waals surface area contributed by atoms with Gasteiger partial charge in [0.1, 0.15) is 11.9 Å². The molecule has 6 heteroatoms. The van der Waals surface area contributed by atoms with Gasteiger partial charge in [-0.2, -0.15) is 5.10 Å². The summed E-state index contributed by atoms with van der Waals surface area (Å²) in [4.78, 5) is 27.0. The number of hydrogen-bond acceptors (Lipinski definition) is 3. The molecule has 1 aromatic heterocycles. The minimum absolute atomic E-state index is 0.0887. The summed E-state index contributed by atoms with van der Waals surface area (Å²) < 4.78 is 14.4. The van der Waals surface area contributed by atoms with Crippen LogP contribution in [0, 0.1) is 17.7 Å². The lowest BCUT2D eigenvalue weighted by atomic mass is 9.91. The highest BCUT2D eigenvalue weighted by Gasteiger charge is 2.29. The summed E-state index contributed by atoms with van der Waals surface area (Å²) in [6.45, 7) is 7.40. The number of aromatic nitrogens is 2. The number of likely N-dealkylation sites (tertiary alicyclic amines) is 1. The van der Waals surface area contributed by atoms with Crippen molar-refractivity contribution in [2.75, 3.05) is 13.1 Å². The average molecular weight is 357 g/mol. The van der Waals surface area contributed by atoms with Crippen LogP contribution in [0.2, 0.25) is 0 Å². The average Bonchev–Trinajstić information content (AvgIpc) is 2.61. The zero-order valence-electron chi connectivity index (χ0n) is 15.4. The van der Waals surface area contributed by atoms with Crippen molar-refractivity contribution in [3.63, 3.8) is 0 Å². The first-order chi connectivity index (χ1) is 12.3. The van der Waals surface area contributed by atoms with Gasteiger partial charge < -0.3 is 4.90 Å². The monoisotopic (exact) mass is 357 g/mol. The zero-order valence-corrected chi connectivity index (χ0v) is 15.4. The Balaban J connectivity index is 1.88. The molecule has 1 aromatic carbocycles. The second-order valence-electron chi connectivity index (χ2n) is 7.37. The van der Waals surface area contributed by atoms with Gasteiger partial charge in [0, 0.05) is 24.7 Å². The van der Waals surface area contributed by atoms with E-state index >= 15 is 0 Å². The van der Waals surface area contributed by atoms with E-state index in [2.05, 4.69) is 18.9 Å². The summed E-state index contributed by atoms with van der Waals surface area (Å²) in [5.74, 6) is 0.475. The highest BCUT2D eigenvalue weighted by Crippen LogP contribution is 2.23. The maximum atomic E-state index is 13.1. The smallest absolute Gasteiger partial charge is 0.267 e. The molecule has 1 aliphatic heterocycles. The van der Waals surface area contributed by atoms with Crippen LogP contribution in [-0.4, -0.2) is 33.7 Å². The molecule has 0 radical (unpaired) electrons. The van der Waals surface area contributed by atoms with Gasteiger partial charge in [0.2, 0.25) is 5.91 Å².